The van der Waals surface area contributed by atoms with Gasteiger partial charge in [-0.2, -0.15) is 11.8 Å². The number of nitrogens with zero attached hydrogens (tertiary/aromatic N) is 2. The number of hydrogen-bond acceptors (Lipinski definition) is 4. The Balaban J connectivity index is 1.46. The molecule has 4 rings (SSSR count). The number of benzene rings is 2. The number of thioether (sulfide) groups is 1. The number of hydrogen-bond donors (Lipinski definition) is 0. The maximum absolute atomic E-state index is 14.1. The summed E-state index contributed by atoms with van der Waals surface area (Å²) in [4.78, 5) is 19.1. The summed E-state index contributed by atoms with van der Waals surface area (Å²) in [5.41, 5.74) is 1.79. The van der Waals surface area contributed by atoms with E-state index in [0.29, 0.717) is 36.5 Å². The van der Waals surface area contributed by atoms with Gasteiger partial charge >= 0.3 is 0 Å². The average Bonchev–Trinajstić information content (AvgIpc) is 3.08. The number of aromatic nitrogens is 1. The first kappa shape index (κ1) is 19.1. The van der Waals surface area contributed by atoms with E-state index >= 15 is 0 Å². The third kappa shape index (κ3) is 4.10. The van der Waals surface area contributed by atoms with Crippen molar-refractivity contribution in [2.45, 2.75) is 11.7 Å². The molecule has 0 bridgehead atoms. The zero-order valence-electron chi connectivity index (χ0n) is 15.0. The Morgan fingerprint density at radius 3 is 2.75 bits per heavy atom. The highest BCUT2D eigenvalue weighted by molar-refractivity contribution is 7.99. The first-order chi connectivity index (χ1) is 13.6. The molecule has 0 radical (unpaired) electrons. The lowest BCUT2D eigenvalue weighted by molar-refractivity contribution is 0.0761. The quantitative estimate of drug-likeness (QED) is 0.572. The Hall–Kier alpha value is -2.25. The lowest BCUT2D eigenvalue weighted by atomic mass is 10.1. The molecule has 1 amide bonds. The molecule has 1 fully saturated rings. The molecular weight excluding hydrogens is 398 g/mol. The van der Waals surface area contributed by atoms with Crippen molar-refractivity contribution in [2.75, 3.05) is 18.8 Å². The van der Waals surface area contributed by atoms with E-state index in [1.807, 2.05) is 30.3 Å². The van der Waals surface area contributed by atoms with E-state index in [4.69, 9.17) is 0 Å². The molecule has 1 atom stereocenters. The molecule has 0 spiro atoms. The highest BCUT2D eigenvalue weighted by Crippen LogP contribution is 2.36. The van der Waals surface area contributed by atoms with Crippen molar-refractivity contribution in [3.8, 4) is 10.6 Å². The Morgan fingerprint density at radius 2 is 1.93 bits per heavy atom. The minimum absolute atomic E-state index is 0.112. The minimum atomic E-state index is -0.440. The maximum atomic E-state index is 14.1. The smallest absolute Gasteiger partial charge is 0.273 e. The molecule has 0 saturated carbocycles. The van der Waals surface area contributed by atoms with Gasteiger partial charge in [0.15, 0.2) is 0 Å². The van der Waals surface area contributed by atoms with Crippen molar-refractivity contribution in [3.05, 3.63) is 76.8 Å². The van der Waals surface area contributed by atoms with Crippen LogP contribution in [0.4, 0.5) is 8.78 Å². The van der Waals surface area contributed by atoms with Crippen LogP contribution >= 0.6 is 23.1 Å². The predicted molar refractivity (Wildman–Crippen MR) is 110 cm³/mol. The molecule has 1 aliphatic heterocycles. The van der Waals surface area contributed by atoms with E-state index in [1.54, 1.807) is 22.0 Å². The normalized spacial score (nSPS) is 17.4. The van der Waals surface area contributed by atoms with Gasteiger partial charge in [0, 0.05) is 40.6 Å². The summed E-state index contributed by atoms with van der Waals surface area (Å²) in [6.07, 6.45) is 0.576. The Kier molecular flexibility index (Phi) is 5.73. The van der Waals surface area contributed by atoms with Gasteiger partial charge in [-0.05, 0) is 24.6 Å². The number of carbonyl (C=O) groups excluding carboxylic acids is 1. The van der Waals surface area contributed by atoms with Crippen LogP contribution in [0.3, 0.4) is 0 Å². The molecule has 3 aromatic rings. The largest absolute Gasteiger partial charge is 0.336 e. The molecule has 1 saturated heterocycles. The maximum Gasteiger partial charge on any atom is 0.273 e. The molecule has 28 heavy (non-hydrogen) atoms. The van der Waals surface area contributed by atoms with E-state index in [1.165, 1.54) is 23.5 Å². The highest BCUT2D eigenvalue weighted by atomic mass is 32.2. The summed E-state index contributed by atoms with van der Waals surface area (Å²) in [6, 6.07) is 13.3. The fourth-order valence-electron chi connectivity index (χ4n) is 3.23. The van der Waals surface area contributed by atoms with Crippen LogP contribution in [0.25, 0.3) is 10.6 Å². The van der Waals surface area contributed by atoms with Gasteiger partial charge < -0.3 is 4.90 Å². The summed E-state index contributed by atoms with van der Waals surface area (Å²) in [7, 11) is 0. The fraction of sp³-hybridized carbons (Fsp3) is 0.238. The first-order valence-corrected chi connectivity index (χ1v) is 10.9. The van der Waals surface area contributed by atoms with E-state index < -0.39 is 11.6 Å². The van der Waals surface area contributed by atoms with E-state index in [9.17, 15) is 13.6 Å². The van der Waals surface area contributed by atoms with Gasteiger partial charge in [-0.25, -0.2) is 13.8 Å². The number of carbonyl (C=O) groups is 1. The lowest BCUT2D eigenvalue weighted by Gasteiger charge is -2.19. The second kappa shape index (κ2) is 8.41. The fourth-order valence-corrected chi connectivity index (χ4v) is 5.27. The Morgan fingerprint density at radius 1 is 1.11 bits per heavy atom. The van der Waals surface area contributed by atoms with Crippen LogP contribution in [0.1, 0.15) is 27.7 Å². The van der Waals surface area contributed by atoms with E-state index in [-0.39, 0.29) is 11.2 Å². The number of amides is 1. The van der Waals surface area contributed by atoms with Crippen LogP contribution in [-0.4, -0.2) is 34.6 Å². The minimum Gasteiger partial charge on any atom is -0.336 e. The van der Waals surface area contributed by atoms with Crippen LogP contribution in [0.2, 0.25) is 0 Å². The van der Waals surface area contributed by atoms with Gasteiger partial charge in [-0.3, -0.25) is 4.79 Å². The van der Waals surface area contributed by atoms with E-state index in [0.717, 1.165) is 16.6 Å². The predicted octanol–water partition coefficient (Wildman–Crippen LogP) is 5.41. The lowest BCUT2D eigenvalue weighted by Crippen LogP contribution is -2.33. The summed E-state index contributed by atoms with van der Waals surface area (Å²) in [5, 5.41) is 2.43. The number of halogens is 2. The monoisotopic (exact) mass is 416 g/mol. The van der Waals surface area contributed by atoms with Crippen LogP contribution in [-0.2, 0) is 0 Å². The molecule has 1 aromatic heterocycles. The second-order valence-corrected chi connectivity index (χ2v) is 8.68. The molecule has 1 aliphatic rings. The molecule has 7 heteroatoms. The van der Waals surface area contributed by atoms with Crippen LogP contribution < -0.4 is 0 Å². The van der Waals surface area contributed by atoms with E-state index in [2.05, 4.69) is 4.98 Å². The van der Waals surface area contributed by atoms with Crippen LogP contribution in [0.5, 0.6) is 0 Å². The SMILES string of the molecule is O=C(c1csc(-c2ccccc2)n1)N1CCSC(c2cc(F)ccc2F)CC1. The van der Waals surface area contributed by atoms with Crippen molar-refractivity contribution in [3.63, 3.8) is 0 Å². The molecule has 1 unspecified atom stereocenters. The molecule has 3 nitrogen and oxygen atoms in total. The standard InChI is InChI=1S/C21H18F2N2OS2/c22-15-6-7-17(23)16(12-15)19-8-9-25(10-11-27-19)21(26)18-13-28-20(24-18)14-4-2-1-3-5-14/h1-7,12-13,19H,8-11H2. The molecule has 2 aromatic carbocycles. The molecule has 0 aliphatic carbocycles. The Bertz CT molecular complexity index is 978. The van der Waals surface area contributed by atoms with Gasteiger partial charge in [0.1, 0.15) is 22.3 Å². The zero-order chi connectivity index (χ0) is 19.5. The molecule has 2 heterocycles. The second-order valence-electron chi connectivity index (χ2n) is 6.51. The third-order valence-electron chi connectivity index (χ3n) is 4.68. The third-order valence-corrected chi connectivity index (χ3v) is 6.88. The molecule has 0 N–H and O–H groups in total. The summed E-state index contributed by atoms with van der Waals surface area (Å²) in [5.74, 6) is -0.280. The van der Waals surface area contributed by atoms with Crippen molar-refractivity contribution in [2.24, 2.45) is 0 Å². The van der Waals surface area contributed by atoms with Crippen molar-refractivity contribution < 1.29 is 13.6 Å². The van der Waals surface area contributed by atoms with Gasteiger partial charge in [0.05, 0.1) is 0 Å². The van der Waals surface area contributed by atoms with Gasteiger partial charge in [0.25, 0.3) is 5.91 Å². The molecule has 144 valence electrons. The van der Waals surface area contributed by atoms with Gasteiger partial charge in [-0.1, -0.05) is 30.3 Å². The zero-order valence-corrected chi connectivity index (χ0v) is 16.6. The first-order valence-electron chi connectivity index (χ1n) is 8.98. The van der Waals surface area contributed by atoms with Gasteiger partial charge in [0.2, 0.25) is 0 Å². The summed E-state index contributed by atoms with van der Waals surface area (Å²) < 4.78 is 27.6. The topological polar surface area (TPSA) is 33.2 Å². The average molecular weight is 417 g/mol. The van der Waals surface area contributed by atoms with Crippen LogP contribution in [0.15, 0.2) is 53.9 Å². The number of rotatable bonds is 3. The van der Waals surface area contributed by atoms with Crippen molar-refractivity contribution in [1.82, 2.24) is 9.88 Å². The van der Waals surface area contributed by atoms with Crippen molar-refractivity contribution in [1.29, 1.82) is 0 Å². The Labute approximate surface area is 170 Å². The number of thiazole rings is 1. The van der Waals surface area contributed by atoms with Gasteiger partial charge in [-0.15, -0.1) is 11.3 Å². The summed E-state index contributed by atoms with van der Waals surface area (Å²) in [6.45, 7) is 1.06. The highest BCUT2D eigenvalue weighted by Gasteiger charge is 2.26. The summed E-state index contributed by atoms with van der Waals surface area (Å²) >= 11 is 3.01. The van der Waals surface area contributed by atoms with Crippen LogP contribution in [0, 0.1) is 11.6 Å². The van der Waals surface area contributed by atoms with Crippen molar-refractivity contribution >= 4 is 29.0 Å². The molecular formula is C21H18F2N2OS2.